The second kappa shape index (κ2) is 5.77. The third-order valence-corrected chi connectivity index (χ3v) is 3.14. The SMILES string of the molecule is CC(=O)Nc1nc(C(=O)NC(C)C(C)C)cs1. The Bertz CT molecular complexity index is 415. The lowest BCUT2D eigenvalue weighted by atomic mass is 10.1. The van der Waals surface area contributed by atoms with Gasteiger partial charge in [-0.3, -0.25) is 9.59 Å². The lowest BCUT2D eigenvalue weighted by Gasteiger charge is -2.16. The van der Waals surface area contributed by atoms with Crippen LogP contribution in [0.25, 0.3) is 0 Å². The highest BCUT2D eigenvalue weighted by Crippen LogP contribution is 2.15. The fourth-order valence-electron chi connectivity index (χ4n) is 1.03. The first-order valence-corrected chi connectivity index (χ1v) is 6.32. The highest BCUT2D eigenvalue weighted by atomic mass is 32.1. The Kier molecular flexibility index (Phi) is 4.62. The van der Waals surface area contributed by atoms with E-state index in [1.165, 1.54) is 18.3 Å². The van der Waals surface area contributed by atoms with Crippen molar-refractivity contribution in [3.8, 4) is 0 Å². The number of aromatic nitrogens is 1. The van der Waals surface area contributed by atoms with Crippen molar-refractivity contribution in [1.82, 2.24) is 10.3 Å². The summed E-state index contributed by atoms with van der Waals surface area (Å²) in [7, 11) is 0. The smallest absolute Gasteiger partial charge is 0.271 e. The van der Waals surface area contributed by atoms with Crippen LogP contribution in [0.15, 0.2) is 5.38 Å². The Morgan fingerprint density at radius 1 is 1.35 bits per heavy atom. The van der Waals surface area contributed by atoms with Crippen LogP contribution in [0.2, 0.25) is 0 Å². The predicted molar refractivity (Wildman–Crippen MR) is 68.2 cm³/mol. The number of rotatable bonds is 4. The van der Waals surface area contributed by atoms with E-state index in [2.05, 4.69) is 15.6 Å². The van der Waals surface area contributed by atoms with Crippen molar-refractivity contribution in [2.75, 3.05) is 5.32 Å². The van der Waals surface area contributed by atoms with Crippen LogP contribution in [0.4, 0.5) is 5.13 Å². The highest BCUT2D eigenvalue weighted by Gasteiger charge is 2.15. The fourth-order valence-corrected chi connectivity index (χ4v) is 1.77. The molecule has 0 fully saturated rings. The number of hydrogen-bond acceptors (Lipinski definition) is 4. The minimum Gasteiger partial charge on any atom is -0.348 e. The second-order valence-electron chi connectivity index (χ2n) is 4.23. The monoisotopic (exact) mass is 255 g/mol. The van der Waals surface area contributed by atoms with Gasteiger partial charge in [-0.05, 0) is 12.8 Å². The molecule has 6 heteroatoms. The van der Waals surface area contributed by atoms with Gasteiger partial charge in [0.05, 0.1) is 0 Å². The quantitative estimate of drug-likeness (QED) is 0.863. The van der Waals surface area contributed by atoms with Gasteiger partial charge in [-0.15, -0.1) is 11.3 Å². The van der Waals surface area contributed by atoms with Crippen LogP contribution >= 0.6 is 11.3 Å². The van der Waals surface area contributed by atoms with Gasteiger partial charge in [-0.25, -0.2) is 4.98 Å². The summed E-state index contributed by atoms with van der Waals surface area (Å²) in [6.45, 7) is 7.43. The Hall–Kier alpha value is -1.43. The summed E-state index contributed by atoms with van der Waals surface area (Å²) in [5.74, 6) is -0.0340. The molecule has 0 aliphatic rings. The van der Waals surface area contributed by atoms with Crippen LogP contribution < -0.4 is 10.6 Å². The molecule has 2 N–H and O–H groups in total. The van der Waals surface area contributed by atoms with E-state index >= 15 is 0 Å². The average molecular weight is 255 g/mol. The lowest BCUT2D eigenvalue weighted by Crippen LogP contribution is -2.36. The number of nitrogens with one attached hydrogen (secondary N) is 2. The normalized spacial score (nSPS) is 12.3. The van der Waals surface area contributed by atoms with E-state index in [1.54, 1.807) is 5.38 Å². The van der Waals surface area contributed by atoms with E-state index < -0.39 is 0 Å². The van der Waals surface area contributed by atoms with Crippen LogP contribution in [-0.4, -0.2) is 22.8 Å². The molecule has 1 unspecified atom stereocenters. The molecule has 0 aliphatic heterocycles. The molecule has 0 aromatic carbocycles. The van der Waals surface area contributed by atoms with Crippen molar-refractivity contribution < 1.29 is 9.59 Å². The van der Waals surface area contributed by atoms with Crippen molar-refractivity contribution in [3.05, 3.63) is 11.1 Å². The molecule has 1 aromatic rings. The molecule has 0 bridgehead atoms. The fraction of sp³-hybridized carbons (Fsp3) is 0.545. The minimum absolute atomic E-state index is 0.0911. The van der Waals surface area contributed by atoms with Gasteiger partial charge >= 0.3 is 0 Å². The van der Waals surface area contributed by atoms with E-state index in [4.69, 9.17) is 0 Å². The molecule has 5 nitrogen and oxygen atoms in total. The van der Waals surface area contributed by atoms with Crippen LogP contribution in [0.1, 0.15) is 38.2 Å². The molecular weight excluding hydrogens is 238 g/mol. The Morgan fingerprint density at radius 3 is 2.53 bits per heavy atom. The maximum Gasteiger partial charge on any atom is 0.271 e. The third-order valence-electron chi connectivity index (χ3n) is 2.38. The van der Waals surface area contributed by atoms with Crippen molar-refractivity contribution in [2.45, 2.75) is 33.7 Å². The van der Waals surface area contributed by atoms with Gasteiger partial charge in [0.1, 0.15) is 5.69 Å². The molecule has 0 saturated heterocycles. The first kappa shape index (κ1) is 13.6. The van der Waals surface area contributed by atoms with Crippen molar-refractivity contribution >= 4 is 28.3 Å². The summed E-state index contributed by atoms with van der Waals surface area (Å²) in [5.41, 5.74) is 0.339. The Labute approximate surface area is 105 Å². The summed E-state index contributed by atoms with van der Waals surface area (Å²) >= 11 is 1.24. The van der Waals surface area contributed by atoms with Gasteiger partial charge < -0.3 is 10.6 Å². The number of hydrogen-bond donors (Lipinski definition) is 2. The Morgan fingerprint density at radius 2 is 2.00 bits per heavy atom. The summed E-state index contributed by atoms with van der Waals surface area (Å²) in [5, 5.41) is 7.48. The van der Waals surface area contributed by atoms with Crippen LogP contribution in [0, 0.1) is 5.92 Å². The van der Waals surface area contributed by atoms with Gasteiger partial charge in [0.2, 0.25) is 5.91 Å². The summed E-state index contributed by atoms with van der Waals surface area (Å²) in [6.07, 6.45) is 0. The molecular formula is C11H17N3O2S. The minimum atomic E-state index is -0.209. The topological polar surface area (TPSA) is 71.1 Å². The number of carbonyl (C=O) groups excluding carboxylic acids is 2. The number of amides is 2. The van der Waals surface area contributed by atoms with Gasteiger partial charge in [0.15, 0.2) is 5.13 Å². The maximum absolute atomic E-state index is 11.8. The maximum atomic E-state index is 11.8. The van der Waals surface area contributed by atoms with Crippen LogP contribution in [-0.2, 0) is 4.79 Å². The van der Waals surface area contributed by atoms with E-state index in [0.29, 0.717) is 16.7 Å². The molecule has 1 aromatic heterocycles. The zero-order valence-electron chi connectivity index (χ0n) is 10.4. The van der Waals surface area contributed by atoms with Crippen molar-refractivity contribution in [1.29, 1.82) is 0 Å². The van der Waals surface area contributed by atoms with Gasteiger partial charge in [0, 0.05) is 18.3 Å². The predicted octanol–water partition coefficient (Wildman–Crippen LogP) is 1.88. The second-order valence-corrected chi connectivity index (χ2v) is 5.08. The molecule has 2 amide bonds. The number of nitrogens with zero attached hydrogens (tertiary/aromatic N) is 1. The highest BCUT2D eigenvalue weighted by molar-refractivity contribution is 7.14. The first-order valence-electron chi connectivity index (χ1n) is 5.44. The van der Waals surface area contributed by atoms with Gasteiger partial charge in [0.25, 0.3) is 5.91 Å². The molecule has 1 rings (SSSR count). The number of carbonyl (C=O) groups is 2. The molecule has 0 radical (unpaired) electrons. The molecule has 1 atom stereocenters. The standard InChI is InChI=1S/C11H17N3O2S/c1-6(2)7(3)12-10(16)9-5-17-11(14-9)13-8(4)15/h5-7H,1-4H3,(H,12,16)(H,13,14,15). The summed E-state index contributed by atoms with van der Waals surface area (Å²) < 4.78 is 0. The molecule has 0 aliphatic carbocycles. The number of thiazole rings is 1. The van der Waals surface area contributed by atoms with Crippen LogP contribution in [0.5, 0.6) is 0 Å². The molecule has 17 heavy (non-hydrogen) atoms. The summed E-state index contributed by atoms with van der Waals surface area (Å²) in [6, 6.07) is 0.0911. The van der Waals surface area contributed by atoms with Crippen molar-refractivity contribution in [2.24, 2.45) is 5.92 Å². The number of anilines is 1. The zero-order chi connectivity index (χ0) is 13.0. The van der Waals surface area contributed by atoms with Gasteiger partial charge in [-0.2, -0.15) is 0 Å². The van der Waals surface area contributed by atoms with E-state index in [1.807, 2.05) is 20.8 Å². The average Bonchev–Trinajstić information content (AvgIpc) is 2.64. The largest absolute Gasteiger partial charge is 0.348 e. The first-order chi connectivity index (χ1) is 7.90. The van der Waals surface area contributed by atoms with E-state index in [0.717, 1.165) is 0 Å². The third kappa shape index (κ3) is 4.14. The zero-order valence-corrected chi connectivity index (χ0v) is 11.2. The molecule has 0 spiro atoms. The van der Waals surface area contributed by atoms with Crippen molar-refractivity contribution in [3.63, 3.8) is 0 Å². The van der Waals surface area contributed by atoms with Gasteiger partial charge in [-0.1, -0.05) is 13.8 Å². The lowest BCUT2D eigenvalue weighted by molar-refractivity contribution is -0.114. The van der Waals surface area contributed by atoms with E-state index in [-0.39, 0.29) is 17.9 Å². The molecule has 1 heterocycles. The molecule has 94 valence electrons. The Balaban J connectivity index is 2.64. The summed E-state index contributed by atoms with van der Waals surface area (Å²) in [4.78, 5) is 26.6. The van der Waals surface area contributed by atoms with E-state index in [9.17, 15) is 9.59 Å². The molecule has 0 saturated carbocycles. The van der Waals surface area contributed by atoms with Crippen LogP contribution in [0.3, 0.4) is 0 Å².